The molecular formula is C11H11N3O2S. The number of amides is 1. The lowest BCUT2D eigenvalue weighted by Crippen LogP contribution is -2.12. The lowest BCUT2D eigenvalue weighted by molar-refractivity contribution is 0.102. The highest BCUT2D eigenvalue weighted by molar-refractivity contribution is 7.08. The number of nitrogens with one attached hydrogen (secondary N) is 1. The number of carbonyl (C=O) groups is 1. The van der Waals surface area contributed by atoms with Gasteiger partial charge in [0.05, 0.1) is 11.4 Å². The van der Waals surface area contributed by atoms with Crippen molar-refractivity contribution in [3.63, 3.8) is 0 Å². The van der Waals surface area contributed by atoms with Crippen molar-refractivity contribution in [1.82, 2.24) is 9.59 Å². The lowest BCUT2D eigenvalue weighted by atomic mass is 10.2. The zero-order chi connectivity index (χ0) is 12.3. The molecule has 0 bridgehead atoms. The van der Waals surface area contributed by atoms with Crippen LogP contribution in [0.25, 0.3) is 0 Å². The number of aromatic nitrogens is 2. The molecule has 17 heavy (non-hydrogen) atoms. The summed E-state index contributed by atoms with van der Waals surface area (Å²) < 4.78 is 3.75. The molecular weight excluding hydrogens is 238 g/mol. The van der Waals surface area contributed by atoms with Gasteiger partial charge in [-0.05, 0) is 30.1 Å². The highest BCUT2D eigenvalue weighted by atomic mass is 32.1. The van der Waals surface area contributed by atoms with E-state index in [0.717, 1.165) is 11.5 Å². The first kappa shape index (κ1) is 11.5. The van der Waals surface area contributed by atoms with E-state index in [4.69, 9.17) is 0 Å². The molecule has 0 saturated heterocycles. The van der Waals surface area contributed by atoms with Crippen LogP contribution in [0.3, 0.4) is 0 Å². The number of para-hydroxylation sites is 2. The Bertz CT molecular complexity index is 539. The van der Waals surface area contributed by atoms with Gasteiger partial charge in [0.2, 0.25) is 0 Å². The predicted molar refractivity (Wildman–Crippen MR) is 65.3 cm³/mol. The van der Waals surface area contributed by atoms with Crippen molar-refractivity contribution in [2.24, 2.45) is 0 Å². The van der Waals surface area contributed by atoms with E-state index < -0.39 is 0 Å². The number of benzene rings is 1. The summed E-state index contributed by atoms with van der Waals surface area (Å²) in [6, 6.07) is 6.58. The van der Waals surface area contributed by atoms with Gasteiger partial charge < -0.3 is 10.4 Å². The predicted octanol–water partition coefficient (Wildman–Crippen LogP) is 2.06. The van der Waals surface area contributed by atoms with Gasteiger partial charge in [-0.1, -0.05) is 23.5 Å². The van der Waals surface area contributed by atoms with Crippen LogP contribution in [0.4, 0.5) is 5.69 Å². The summed E-state index contributed by atoms with van der Waals surface area (Å²) in [7, 11) is 0. The van der Waals surface area contributed by atoms with E-state index in [1.165, 1.54) is 6.07 Å². The van der Waals surface area contributed by atoms with E-state index in [-0.39, 0.29) is 11.7 Å². The maximum absolute atomic E-state index is 11.9. The monoisotopic (exact) mass is 249 g/mol. The van der Waals surface area contributed by atoms with Crippen LogP contribution in [0.2, 0.25) is 0 Å². The summed E-state index contributed by atoms with van der Waals surface area (Å²) in [6.07, 6.45) is 0.653. The second-order valence-corrected chi connectivity index (χ2v) is 4.13. The molecule has 0 saturated carbocycles. The van der Waals surface area contributed by atoms with Gasteiger partial charge in [0.25, 0.3) is 5.91 Å². The Morgan fingerprint density at radius 2 is 2.24 bits per heavy atom. The van der Waals surface area contributed by atoms with E-state index in [0.29, 0.717) is 22.7 Å². The number of rotatable bonds is 3. The molecule has 0 spiro atoms. The Balaban J connectivity index is 2.20. The Labute approximate surface area is 102 Å². The van der Waals surface area contributed by atoms with Crippen molar-refractivity contribution in [2.75, 3.05) is 5.32 Å². The maximum atomic E-state index is 11.9. The van der Waals surface area contributed by atoms with Gasteiger partial charge >= 0.3 is 0 Å². The minimum Gasteiger partial charge on any atom is -0.506 e. The van der Waals surface area contributed by atoms with Crippen molar-refractivity contribution in [1.29, 1.82) is 0 Å². The van der Waals surface area contributed by atoms with E-state index in [9.17, 15) is 9.90 Å². The summed E-state index contributed by atoms with van der Waals surface area (Å²) in [6.45, 7) is 1.91. The van der Waals surface area contributed by atoms with Crippen LogP contribution in [-0.2, 0) is 6.42 Å². The number of aryl methyl sites for hydroxylation is 1. The second-order valence-electron chi connectivity index (χ2n) is 3.37. The SMILES string of the molecule is CCc1nnsc1C(=O)Nc1ccccc1O. The molecule has 0 atom stereocenters. The maximum Gasteiger partial charge on any atom is 0.269 e. The fourth-order valence-electron chi connectivity index (χ4n) is 1.37. The quantitative estimate of drug-likeness (QED) is 0.816. The molecule has 88 valence electrons. The van der Waals surface area contributed by atoms with Crippen LogP contribution in [0.5, 0.6) is 5.75 Å². The summed E-state index contributed by atoms with van der Waals surface area (Å²) in [5, 5.41) is 16.0. The van der Waals surface area contributed by atoms with Gasteiger partial charge in [-0.3, -0.25) is 4.79 Å². The first-order valence-corrected chi connectivity index (χ1v) is 5.90. The first-order chi connectivity index (χ1) is 8.22. The Kier molecular flexibility index (Phi) is 3.34. The Morgan fingerprint density at radius 3 is 2.94 bits per heavy atom. The number of hydrogen-bond acceptors (Lipinski definition) is 5. The molecule has 5 nitrogen and oxygen atoms in total. The van der Waals surface area contributed by atoms with E-state index >= 15 is 0 Å². The normalized spacial score (nSPS) is 10.2. The van der Waals surface area contributed by atoms with Gasteiger partial charge in [-0.15, -0.1) is 5.10 Å². The van der Waals surface area contributed by atoms with Crippen LogP contribution in [0.15, 0.2) is 24.3 Å². The molecule has 2 N–H and O–H groups in total. The molecule has 1 amide bonds. The van der Waals surface area contributed by atoms with Crippen LogP contribution in [0, 0.1) is 0 Å². The van der Waals surface area contributed by atoms with E-state index in [2.05, 4.69) is 14.9 Å². The van der Waals surface area contributed by atoms with Gasteiger partial charge in [0.1, 0.15) is 10.6 Å². The molecule has 0 fully saturated rings. The van der Waals surface area contributed by atoms with Crippen LogP contribution >= 0.6 is 11.5 Å². The number of phenols is 1. The molecule has 0 aliphatic carbocycles. The van der Waals surface area contributed by atoms with Crippen LogP contribution in [0.1, 0.15) is 22.3 Å². The molecule has 2 rings (SSSR count). The summed E-state index contributed by atoms with van der Waals surface area (Å²) in [5.74, 6) is -0.255. The third kappa shape index (κ3) is 2.42. The van der Waals surface area contributed by atoms with E-state index in [1.54, 1.807) is 18.2 Å². The highest BCUT2D eigenvalue weighted by Gasteiger charge is 2.15. The molecule has 1 aromatic heterocycles. The number of phenolic OH excluding ortho intramolecular Hbond substituents is 1. The smallest absolute Gasteiger partial charge is 0.269 e. The summed E-state index contributed by atoms with van der Waals surface area (Å²) in [5.41, 5.74) is 1.05. The summed E-state index contributed by atoms with van der Waals surface area (Å²) in [4.78, 5) is 12.4. The van der Waals surface area contributed by atoms with Crippen molar-refractivity contribution < 1.29 is 9.90 Å². The standard InChI is InChI=1S/C11H11N3O2S/c1-2-7-10(17-14-13-7)11(16)12-8-5-3-4-6-9(8)15/h3-6,15H,2H2,1H3,(H,12,16). The van der Waals surface area contributed by atoms with Gasteiger partial charge in [0.15, 0.2) is 0 Å². The molecule has 0 unspecified atom stereocenters. The topological polar surface area (TPSA) is 75.1 Å². The van der Waals surface area contributed by atoms with Gasteiger partial charge in [-0.2, -0.15) is 0 Å². The highest BCUT2D eigenvalue weighted by Crippen LogP contribution is 2.23. The third-order valence-electron chi connectivity index (χ3n) is 2.25. The van der Waals surface area contributed by atoms with E-state index in [1.807, 2.05) is 6.92 Å². The second kappa shape index (κ2) is 4.92. The zero-order valence-corrected chi connectivity index (χ0v) is 9.99. The molecule has 1 heterocycles. The van der Waals surface area contributed by atoms with Crippen LogP contribution < -0.4 is 5.32 Å². The third-order valence-corrected chi connectivity index (χ3v) is 3.02. The average molecular weight is 249 g/mol. The molecule has 0 radical (unpaired) electrons. The molecule has 1 aromatic carbocycles. The zero-order valence-electron chi connectivity index (χ0n) is 9.17. The molecule has 2 aromatic rings. The minimum absolute atomic E-state index is 0.0383. The minimum atomic E-state index is -0.293. The lowest BCUT2D eigenvalue weighted by Gasteiger charge is -2.05. The average Bonchev–Trinajstić information content (AvgIpc) is 2.80. The first-order valence-electron chi connectivity index (χ1n) is 5.13. The van der Waals surface area contributed by atoms with Crippen molar-refractivity contribution in [3.8, 4) is 5.75 Å². The number of hydrogen-bond donors (Lipinski definition) is 2. The Morgan fingerprint density at radius 1 is 1.47 bits per heavy atom. The van der Waals surface area contributed by atoms with Crippen molar-refractivity contribution in [2.45, 2.75) is 13.3 Å². The molecule has 0 aliphatic rings. The van der Waals surface area contributed by atoms with Gasteiger partial charge in [0, 0.05) is 0 Å². The Hall–Kier alpha value is -1.95. The van der Waals surface area contributed by atoms with Gasteiger partial charge in [-0.25, -0.2) is 0 Å². The van der Waals surface area contributed by atoms with Crippen molar-refractivity contribution in [3.05, 3.63) is 34.8 Å². The number of nitrogens with zero attached hydrogens (tertiary/aromatic N) is 2. The fourth-order valence-corrected chi connectivity index (χ4v) is 2.02. The largest absolute Gasteiger partial charge is 0.506 e. The fraction of sp³-hybridized carbons (Fsp3) is 0.182. The summed E-state index contributed by atoms with van der Waals surface area (Å²) >= 11 is 1.05. The number of aromatic hydroxyl groups is 1. The van der Waals surface area contributed by atoms with Crippen molar-refractivity contribution >= 4 is 23.1 Å². The van der Waals surface area contributed by atoms with Crippen LogP contribution in [-0.4, -0.2) is 20.6 Å². The molecule has 0 aliphatic heterocycles. The number of anilines is 1. The number of carbonyl (C=O) groups excluding carboxylic acids is 1. The molecule has 6 heteroatoms.